The average molecular weight is 393 g/mol. The van der Waals surface area contributed by atoms with Gasteiger partial charge in [0.25, 0.3) is 0 Å². The number of halogens is 1. The molecule has 27 heavy (non-hydrogen) atoms. The molecule has 0 aromatic rings. The van der Waals surface area contributed by atoms with Gasteiger partial charge < -0.3 is 4.74 Å². The predicted molar refractivity (Wildman–Crippen MR) is 106 cm³/mol. The van der Waals surface area contributed by atoms with E-state index in [4.69, 9.17) is 16.3 Å². The molecule has 8 atom stereocenters. The molecule has 3 saturated carbocycles. The molecule has 0 saturated heterocycles. The molecule has 0 aromatic carbocycles. The van der Waals surface area contributed by atoms with E-state index in [-0.39, 0.29) is 40.0 Å². The summed E-state index contributed by atoms with van der Waals surface area (Å²) in [5.74, 6) is 1.98. The third kappa shape index (κ3) is 2.91. The van der Waals surface area contributed by atoms with Gasteiger partial charge in [-0.3, -0.25) is 9.59 Å². The zero-order valence-electron chi connectivity index (χ0n) is 17.1. The number of hydrogen-bond donors (Lipinski definition) is 0. The fourth-order valence-corrected chi connectivity index (χ4v) is 8.31. The van der Waals surface area contributed by atoms with Gasteiger partial charge in [-0.2, -0.15) is 0 Å². The van der Waals surface area contributed by atoms with E-state index in [2.05, 4.69) is 19.9 Å². The molecule has 150 valence electrons. The van der Waals surface area contributed by atoms with Gasteiger partial charge in [0.15, 0.2) is 0 Å². The maximum Gasteiger partial charge on any atom is 0.302 e. The fraction of sp³-hybridized carbons (Fsp3) is 0.826. The highest BCUT2D eigenvalue weighted by molar-refractivity contribution is 6.22. The van der Waals surface area contributed by atoms with Crippen LogP contribution in [0, 0.1) is 34.5 Å². The van der Waals surface area contributed by atoms with E-state index in [1.54, 1.807) is 6.92 Å². The standard InChI is InChI=1S/C23H33ClO3/c1-13(25)21-20(24)12-19-17-6-5-15-11-16(27-14(2)26)7-9-22(15,3)18(17)8-10-23(19,21)4/h5,16-21H,6-12H2,1-4H3/t16-,17-,18+,19-,20+,21-,22-,23-/m0/s1. The van der Waals surface area contributed by atoms with E-state index in [0.29, 0.717) is 17.8 Å². The molecule has 0 N–H and O–H groups in total. The van der Waals surface area contributed by atoms with Gasteiger partial charge in [-0.05, 0) is 74.0 Å². The summed E-state index contributed by atoms with van der Waals surface area (Å²) in [4.78, 5) is 23.7. The SMILES string of the molecule is CC(=O)O[C@H]1CC[C@@]2(C)C(=CC[C@H]3[C@H]2CC[C@@]2(C)[C@H]3C[C@@H](Cl)[C@@H]2C(C)=O)C1. The van der Waals surface area contributed by atoms with Gasteiger partial charge in [0.2, 0.25) is 0 Å². The van der Waals surface area contributed by atoms with Crippen LogP contribution >= 0.6 is 11.6 Å². The molecule has 4 heteroatoms. The molecule has 0 bridgehead atoms. The zero-order chi connectivity index (χ0) is 19.6. The highest BCUT2D eigenvalue weighted by atomic mass is 35.5. The van der Waals surface area contributed by atoms with Crippen LogP contribution in [0.25, 0.3) is 0 Å². The lowest BCUT2D eigenvalue weighted by molar-refractivity contribution is -0.149. The largest absolute Gasteiger partial charge is 0.462 e. The maximum atomic E-state index is 12.4. The summed E-state index contributed by atoms with van der Waals surface area (Å²) in [6.07, 6.45) is 9.85. The topological polar surface area (TPSA) is 43.4 Å². The van der Waals surface area contributed by atoms with E-state index in [1.165, 1.54) is 18.9 Å². The smallest absolute Gasteiger partial charge is 0.302 e. The molecule has 0 amide bonds. The Morgan fingerprint density at radius 2 is 1.89 bits per heavy atom. The zero-order valence-corrected chi connectivity index (χ0v) is 17.8. The van der Waals surface area contributed by atoms with E-state index in [9.17, 15) is 9.59 Å². The molecule has 0 radical (unpaired) electrons. The van der Waals surface area contributed by atoms with E-state index < -0.39 is 0 Å². The van der Waals surface area contributed by atoms with Crippen LogP contribution in [0.15, 0.2) is 11.6 Å². The Morgan fingerprint density at radius 3 is 2.56 bits per heavy atom. The molecule has 0 unspecified atom stereocenters. The lowest BCUT2D eigenvalue weighted by Crippen LogP contribution is -2.51. The summed E-state index contributed by atoms with van der Waals surface area (Å²) in [5, 5.41) is -0.00543. The highest BCUT2D eigenvalue weighted by Gasteiger charge is 2.61. The molecule has 4 rings (SSSR count). The van der Waals surface area contributed by atoms with Gasteiger partial charge in [-0.25, -0.2) is 0 Å². The summed E-state index contributed by atoms with van der Waals surface area (Å²) in [6, 6.07) is 0. The second kappa shape index (κ2) is 6.61. The number of hydrogen-bond acceptors (Lipinski definition) is 3. The number of esters is 1. The highest BCUT2D eigenvalue weighted by Crippen LogP contribution is 2.67. The van der Waals surface area contributed by atoms with Crippen LogP contribution in [0.3, 0.4) is 0 Å². The summed E-state index contributed by atoms with van der Waals surface area (Å²) < 4.78 is 5.53. The fourth-order valence-electron chi connectivity index (χ4n) is 7.65. The van der Waals surface area contributed by atoms with Crippen LogP contribution in [0.4, 0.5) is 0 Å². The molecule has 4 aliphatic carbocycles. The van der Waals surface area contributed by atoms with Crippen LogP contribution < -0.4 is 0 Å². The first-order chi connectivity index (χ1) is 12.7. The van der Waals surface area contributed by atoms with Crippen molar-refractivity contribution >= 4 is 23.4 Å². The van der Waals surface area contributed by atoms with E-state index in [0.717, 1.165) is 38.5 Å². The summed E-state index contributed by atoms with van der Waals surface area (Å²) in [5.41, 5.74) is 1.79. The lowest BCUT2D eigenvalue weighted by Gasteiger charge is -2.57. The normalized spacial score (nSPS) is 48.7. The van der Waals surface area contributed by atoms with Gasteiger partial charge in [0, 0.05) is 24.6 Å². The summed E-state index contributed by atoms with van der Waals surface area (Å²) in [6.45, 7) is 8.02. The Bertz CT molecular complexity index is 685. The van der Waals surface area contributed by atoms with Crippen molar-refractivity contribution in [3.05, 3.63) is 11.6 Å². The molecular weight excluding hydrogens is 360 g/mol. The van der Waals surface area contributed by atoms with Crippen molar-refractivity contribution in [2.24, 2.45) is 34.5 Å². The van der Waals surface area contributed by atoms with Crippen molar-refractivity contribution < 1.29 is 14.3 Å². The molecule has 4 aliphatic rings. The van der Waals surface area contributed by atoms with Crippen molar-refractivity contribution in [3.63, 3.8) is 0 Å². The van der Waals surface area contributed by atoms with Gasteiger partial charge in [0.1, 0.15) is 11.9 Å². The number of allylic oxidation sites excluding steroid dienone is 1. The minimum Gasteiger partial charge on any atom is -0.462 e. The third-order valence-electron chi connectivity index (χ3n) is 8.82. The van der Waals surface area contributed by atoms with Crippen molar-refractivity contribution in [2.75, 3.05) is 0 Å². The number of Topliss-reactive ketones (excluding diaryl/α,β-unsaturated/α-hetero) is 1. The van der Waals surface area contributed by atoms with E-state index in [1.807, 2.05) is 0 Å². The molecule has 3 nitrogen and oxygen atoms in total. The quantitative estimate of drug-likeness (QED) is 0.363. The van der Waals surface area contributed by atoms with E-state index >= 15 is 0 Å². The molecule has 0 aromatic heterocycles. The van der Waals surface area contributed by atoms with Gasteiger partial charge in [0.05, 0.1) is 0 Å². The first-order valence-corrected chi connectivity index (χ1v) is 11.1. The minimum atomic E-state index is -0.166. The number of ether oxygens (including phenoxy) is 1. The third-order valence-corrected chi connectivity index (χ3v) is 9.25. The minimum absolute atomic E-state index is 0.00543. The number of alkyl halides is 1. The number of rotatable bonds is 2. The summed E-state index contributed by atoms with van der Waals surface area (Å²) >= 11 is 6.72. The van der Waals surface area contributed by atoms with Gasteiger partial charge in [-0.1, -0.05) is 25.5 Å². The second-order valence-corrected chi connectivity index (χ2v) is 10.7. The maximum absolute atomic E-state index is 12.4. The number of carbonyl (C=O) groups excluding carboxylic acids is 2. The van der Waals surface area contributed by atoms with Gasteiger partial charge >= 0.3 is 5.97 Å². The van der Waals surface area contributed by atoms with Crippen LogP contribution in [0.1, 0.15) is 72.6 Å². The van der Waals surface area contributed by atoms with Crippen molar-refractivity contribution in [1.82, 2.24) is 0 Å². The Kier molecular flexibility index (Phi) is 4.77. The van der Waals surface area contributed by atoms with Crippen LogP contribution in [-0.2, 0) is 14.3 Å². The Hall–Kier alpha value is -0.830. The number of carbonyl (C=O) groups is 2. The summed E-state index contributed by atoms with van der Waals surface area (Å²) in [7, 11) is 0. The molecule has 0 spiro atoms. The molecule has 0 heterocycles. The van der Waals surface area contributed by atoms with Crippen molar-refractivity contribution in [2.45, 2.75) is 84.1 Å². The molecular formula is C23H33ClO3. The Labute approximate surface area is 168 Å². The molecule has 3 fully saturated rings. The Morgan fingerprint density at radius 1 is 1.15 bits per heavy atom. The Balaban J connectivity index is 1.61. The van der Waals surface area contributed by atoms with Crippen molar-refractivity contribution in [3.8, 4) is 0 Å². The number of fused-ring (bicyclic) bond motifs is 5. The molecule has 0 aliphatic heterocycles. The van der Waals surface area contributed by atoms with Crippen molar-refractivity contribution in [1.29, 1.82) is 0 Å². The lowest BCUT2D eigenvalue weighted by atomic mass is 9.47. The van der Waals surface area contributed by atoms with Gasteiger partial charge in [-0.15, -0.1) is 11.6 Å². The second-order valence-electron chi connectivity index (χ2n) is 10.1. The first-order valence-electron chi connectivity index (χ1n) is 10.7. The first kappa shape index (κ1) is 19.5. The van der Waals surface area contributed by atoms with Crippen LogP contribution in [0.2, 0.25) is 0 Å². The average Bonchev–Trinajstić information content (AvgIpc) is 2.85. The van der Waals surface area contributed by atoms with Crippen LogP contribution in [-0.4, -0.2) is 23.2 Å². The van der Waals surface area contributed by atoms with Crippen LogP contribution in [0.5, 0.6) is 0 Å². The number of ketones is 1. The predicted octanol–water partition coefficient (Wildman–Crippen LogP) is 5.30. The monoisotopic (exact) mass is 392 g/mol.